The summed E-state index contributed by atoms with van der Waals surface area (Å²) in [4.78, 5) is 38.0. The molecule has 1 heterocycles. The number of likely N-dealkylation sites (tertiary alicyclic amines) is 1. The first-order chi connectivity index (χ1) is 13.0. The lowest BCUT2D eigenvalue weighted by Crippen LogP contribution is -2.34. The molecular formula is C21H23N3O3. The van der Waals surface area contributed by atoms with Gasteiger partial charge in [0.2, 0.25) is 11.8 Å². The molecule has 27 heavy (non-hydrogen) atoms. The predicted molar refractivity (Wildman–Crippen MR) is 103 cm³/mol. The molecule has 0 aliphatic carbocycles. The van der Waals surface area contributed by atoms with Crippen LogP contribution in [0.5, 0.6) is 0 Å². The highest BCUT2D eigenvalue weighted by molar-refractivity contribution is 6.00. The van der Waals surface area contributed by atoms with Crippen molar-refractivity contribution < 1.29 is 14.4 Å². The van der Waals surface area contributed by atoms with Crippen molar-refractivity contribution in [3.8, 4) is 11.1 Å². The van der Waals surface area contributed by atoms with Gasteiger partial charge in [0.05, 0.1) is 5.92 Å². The van der Waals surface area contributed by atoms with Gasteiger partial charge in [-0.2, -0.15) is 0 Å². The Kier molecular flexibility index (Phi) is 5.54. The summed E-state index contributed by atoms with van der Waals surface area (Å²) in [7, 11) is 0. The maximum atomic E-state index is 12.7. The van der Waals surface area contributed by atoms with E-state index in [0.29, 0.717) is 37.2 Å². The Balaban J connectivity index is 1.74. The van der Waals surface area contributed by atoms with E-state index in [2.05, 4.69) is 5.32 Å². The van der Waals surface area contributed by atoms with E-state index < -0.39 is 5.91 Å². The van der Waals surface area contributed by atoms with E-state index in [0.717, 1.165) is 11.1 Å². The van der Waals surface area contributed by atoms with Gasteiger partial charge in [-0.05, 0) is 42.7 Å². The Labute approximate surface area is 158 Å². The van der Waals surface area contributed by atoms with Crippen LogP contribution >= 0.6 is 0 Å². The normalized spacial score (nSPS) is 16.2. The second kappa shape index (κ2) is 8.03. The molecule has 3 rings (SSSR count). The van der Waals surface area contributed by atoms with Gasteiger partial charge in [-0.15, -0.1) is 0 Å². The molecule has 0 saturated carbocycles. The Morgan fingerprint density at radius 1 is 1.11 bits per heavy atom. The number of hydrogen-bond acceptors (Lipinski definition) is 3. The number of nitrogens with zero attached hydrogens (tertiary/aromatic N) is 1. The van der Waals surface area contributed by atoms with Crippen molar-refractivity contribution in [2.45, 2.75) is 13.3 Å². The molecule has 1 aliphatic rings. The van der Waals surface area contributed by atoms with Gasteiger partial charge in [0.1, 0.15) is 0 Å². The van der Waals surface area contributed by atoms with E-state index in [-0.39, 0.29) is 17.7 Å². The fourth-order valence-corrected chi connectivity index (χ4v) is 3.40. The van der Waals surface area contributed by atoms with Gasteiger partial charge in [0.15, 0.2) is 0 Å². The number of carbonyl (C=O) groups is 3. The summed E-state index contributed by atoms with van der Waals surface area (Å²) in [5.74, 6) is -0.711. The number of nitrogens with one attached hydrogen (secondary N) is 1. The maximum Gasteiger partial charge on any atom is 0.253 e. The van der Waals surface area contributed by atoms with Gasteiger partial charge in [-0.1, -0.05) is 30.3 Å². The van der Waals surface area contributed by atoms with Gasteiger partial charge < -0.3 is 16.0 Å². The third-order valence-corrected chi connectivity index (χ3v) is 4.83. The van der Waals surface area contributed by atoms with Crippen LogP contribution in [0, 0.1) is 5.92 Å². The highest BCUT2D eigenvalue weighted by Gasteiger charge is 2.31. The molecular weight excluding hydrogens is 342 g/mol. The monoisotopic (exact) mass is 365 g/mol. The minimum atomic E-state index is -0.487. The van der Waals surface area contributed by atoms with E-state index in [1.165, 1.54) is 0 Å². The van der Waals surface area contributed by atoms with E-state index >= 15 is 0 Å². The number of benzene rings is 2. The first-order valence-electron chi connectivity index (χ1n) is 9.07. The smallest absolute Gasteiger partial charge is 0.253 e. The van der Waals surface area contributed by atoms with Crippen molar-refractivity contribution in [2.24, 2.45) is 11.7 Å². The topological polar surface area (TPSA) is 92.5 Å². The number of hydrogen-bond donors (Lipinski definition) is 2. The average molecular weight is 365 g/mol. The summed E-state index contributed by atoms with van der Waals surface area (Å²) in [6, 6.07) is 14.2. The molecule has 6 nitrogen and oxygen atoms in total. The number of amides is 3. The molecule has 0 aromatic heterocycles. The molecule has 0 spiro atoms. The highest BCUT2D eigenvalue weighted by atomic mass is 16.2. The molecule has 3 amide bonds. The van der Waals surface area contributed by atoms with Crippen molar-refractivity contribution in [3.05, 3.63) is 59.7 Å². The van der Waals surface area contributed by atoms with Crippen LogP contribution in [0.4, 0.5) is 0 Å². The number of nitrogens with two attached hydrogens (primary N) is 1. The fraction of sp³-hybridized carbons (Fsp3) is 0.286. The molecule has 0 bridgehead atoms. The van der Waals surface area contributed by atoms with Crippen molar-refractivity contribution in [1.82, 2.24) is 10.2 Å². The van der Waals surface area contributed by atoms with E-state index in [9.17, 15) is 14.4 Å². The van der Waals surface area contributed by atoms with Crippen LogP contribution in [-0.4, -0.2) is 42.3 Å². The lowest BCUT2D eigenvalue weighted by atomic mass is 9.98. The summed E-state index contributed by atoms with van der Waals surface area (Å²) >= 11 is 0. The van der Waals surface area contributed by atoms with Gasteiger partial charge in [-0.3, -0.25) is 14.4 Å². The van der Waals surface area contributed by atoms with Crippen LogP contribution in [0.15, 0.2) is 48.5 Å². The second-order valence-electron chi connectivity index (χ2n) is 6.62. The summed E-state index contributed by atoms with van der Waals surface area (Å²) in [6.45, 7) is 3.50. The highest BCUT2D eigenvalue weighted by Crippen LogP contribution is 2.25. The van der Waals surface area contributed by atoms with E-state index in [4.69, 9.17) is 5.73 Å². The summed E-state index contributed by atoms with van der Waals surface area (Å²) < 4.78 is 0. The Hall–Kier alpha value is -3.15. The minimum Gasteiger partial charge on any atom is -0.366 e. The van der Waals surface area contributed by atoms with Crippen molar-refractivity contribution in [3.63, 3.8) is 0 Å². The third kappa shape index (κ3) is 4.00. The van der Waals surface area contributed by atoms with E-state index in [1.807, 2.05) is 31.2 Å². The molecule has 0 radical (unpaired) electrons. The molecule has 2 aromatic rings. The van der Waals surface area contributed by atoms with Crippen LogP contribution < -0.4 is 11.1 Å². The van der Waals surface area contributed by atoms with Crippen molar-refractivity contribution in [2.75, 3.05) is 19.6 Å². The Morgan fingerprint density at radius 2 is 1.81 bits per heavy atom. The molecule has 140 valence electrons. The molecule has 1 atom stereocenters. The van der Waals surface area contributed by atoms with Crippen LogP contribution in [0.1, 0.15) is 34.1 Å². The van der Waals surface area contributed by atoms with Crippen molar-refractivity contribution >= 4 is 17.7 Å². The standard InChI is InChI=1S/C21H23N3O3/c1-2-23-20(26)16-11-12-24(13-16)21(27)15-9-7-14(8-10-15)17-5-3-4-6-18(17)19(22)25/h3-10,16H,2,11-13H2,1H3,(H2,22,25)(H,23,26)/t16-/m0/s1. The van der Waals surface area contributed by atoms with E-state index in [1.54, 1.807) is 29.2 Å². The van der Waals surface area contributed by atoms with Crippen LogP contribution in [0.25, 0.3) is 11.1 Å². The van der Waals surface area contributed by atoms with Crippen LogP contribution in [0.3, 0.4) is 0 Å². The zero-order valence-electron chi connectivity index (χ0n) is 15.3. The zero-order valence-corrected chi connectivity index (χ0v) is 15.3. The molecule has 6 heteroatoms. The lowest BCUT2D eigenvalue weighted by molar-refractivity contribution is -0.124. The number of primary amides is 1. The maximum absolute atomic E-state index is 12.7. The third-order valence-electron chi connectivity index (χ3n) is 4.83. The molecule has 1 aliphatic heterocycles. The molecule has 3 N–H and O–H groups in total. The van der Waals surface area contributed by atoms with Crippen LogP contribution in [-0.2, 0) is 4.79 Å². The molecule has 0 unspecified atom stereocenters. The second-order valence-corrected chi connectivity index (χ2v) is 6.62. The Morgan fingerprint density at radius 3 is 2.48 bits per heavy atom. The Bertz CT molecular complexity index is 861. The SMILES string of the molecule is CCNC(=O)[C@H]1CCN(C(=O)c2ccc(-c3ccccc3C(N)=O)cc2)C1. The zero-order chi connectivity index (χ0) is 19.4. The fourth-order valence-electron chi connectivity index (χ4n) is 3.40. The first-order valence-corrected chi connectivity index (χ1v) is 9.07. The number of rotatable bonds is 5. The molecule has 1 saturated heterocycles. The predicted octanol–water partition coefficient (Wildman–Crippen LogP) is 2.05. The van der Waals surface area contributed by atoms with Crippen molar-refractivity contribution in [1.29, 1.82) is 0 Å². The van der Waals surface area contributed by atoms with Gasteiger partial charge in [0.25, 0.3) is 5.91 Å². The van der Waals surface area contributed by atoms with Gasteiger partial charge >= 0.3 is 0 Å². The van der Waals surface area contributed by atoms with Gasteiger partial charge in [-0.25, -0.2) is 0 Å². The van der Waals surface area contributed by atoms with Crippen LogP contribution in [0.2, 0.25) is 0 Å². The summed E-state index contributed by atoms with van der Waals surface area (Å²) in [5.41, 5.74) is 8.01. The minimum absolute atomic E-state index is 0.00575. The summed E-state index contributed by atoms with van der Waals surface area (Å²) in [5, 5.41) is 2.81. The lowest BCUT2D eigenvalue weighted by Gasteiger charge is -2.17. The first kappa shape index (κ1) is 18.6. The molecule has 2 aromatic carbocycles. The summed E-state index contributed by atoms with van der Waals surface area (Å²) in [6.07, 6.45) is 0.682. The average Bonchev–Trinajstić information content (AvgIpc) is 3.18. The van der Waals surface area contributed by atoms with Gasteiger partial charge in [0, 0.05) is 30.8 Å². The number of carbonyl (C=O) groups excluding carboxylic acids is 3. The largest absolute Gasteiger partial charge is 0.366 e. The quantitative estimate of drug-likeness (QED) is 0.849. The molecule has 1 fully saturated rings.